The van der Waals surface area contributed by atoms with Crippen LogP contribution < -0.4 is 9.47 Å². The maximum absolute atomic E-state index is 6.24. The van der Waals surface area contributed by atoms with Crippen molar-refractivity contribution in [3.63, 3.8) is 0 Å². The monoisotopic (exact) mass is 392 g/mol. The lowest BCUT2D eigenvalue weighted by molar-refractivity contribution is 0.264. The minimum Gasteiger partial charge on any atom is -0.493 e. The largest absolute Gasteiger partial charge is 0.493 e. The highest BCUT2D eigenvalue weighted by molar-refractivity contribution is 5.82. The average molecular weight is 392 g/mol. The van der Waals surface area contributed by atoms with Gasteiger partial charge in [-0.1, -0.05) is 72.8 Å². The van der Waals surface area contributed by atoms with Crippen molar-refractivity contribution in [3.8, 4) is 44.9 Å². The van der Waals surface area contributed by atoms with Gasteiger partial charge in [0.25, 0.3) is 0 Å². The highest BCUT2D eigenvalue weighted by Gasteiger charge is 2.16. The van der Waals surface area contributed by atoms with E-state index in [-0.39, 0.29) is 0 Å². The maximum Gasteiger partial charge on any atom is 0.127 e. The SMILES string of the molecule is c1ccc(-c2ccc3c(c2)OCCCCOc2cc(-c4ccccc4)ccc2-3)cc1. The topological polar surface area (TPSA) is 18.5 Å². The molecule has 2 heteroatoms. The molecule has 0 fully saturated rings. The molecule has 0 aliphatic carbocycles. The fourth-order valence-corrected chi connectivity index (χ4v) is 3.92. The first-order valence-corrected chi connectivity index (χ1v) is 10.5. The highest BCUT2D eigenvalue weighted by Crippen LogP contribution is 2.41. The molecule has 1 aliphatic heterocycles. The number of benzene rings is 4. The van der Waals surface area contributed by atoms with Gasteiger partial charge in [0.2, 0.25) is 0 Å². The summed E-state index contributed by atoms with van der Waals surface area (Å²) in [6, 6.07) is 33.8. The maximum atomic E-state index is 6.24. The molecular weight excluding hydrogens is 368 g/mol. The molecule has 0 unspecified atom stereocenters. The van der Waals surface area contributed by atoms with E-state index in [1.54, 1.807) is 0 Å². The van der Waals surface area contributed by atoms with E-state index in [0.29, 0.717) is 13.2 Å². The van der Waals surface area contributed by atoms with Crippen LogP contribution in [0.15, 0.2) is 97.1 Å². The molecule has 148 valence electrons. The van der Waals surface area contributed by atoms with Gasteiger partial charge in [0, 0.05) is 11.1 Å². The predicted molar refractivity (Wildman–Crippen MR) is 123 cm³/mol. The van der Waals surface area contributed by atoms with Crippen LogP contribution in [-0.4, -0.2) is 13.2 Å². The zero-order valence-electron chi connectivity index (χ0n) is 16.9. The number of ether oxygens (including phenoxy) is 2. The van der Waals surface area contributed by atoms with Crippen molar-refractivity contribution in [1.82, 2.24) is 0 Å². The summed E-state index contributed by atoms with van der Waals surface area (Å²) < 4.78 is 12.5. The van der Waals surface area contributed by atoms with Gasteiger partial charge < -0.3 is 9.47 Å². The zero-order valence-corrected chi connectivity index (χ0v) is 16.9. The summed E-state index contributed by atoms with van der Waals surface area (Å²) in [6.45, 7) is 1.40. The minimum absolute atomic E-state index is 0.700. The van der Waals surface area contributed by atoms with Crippen LogP contribution in [0.25, 0.3) is 33.4 Å². The molecule has 30 heavy (non-hydrogen) atoms. The second-order valence-electron chi connectivity index (χ2n) is 7.56. The third kappa shape index (κ3) is 3.81. The zero-order chi connectivity index (χ0) is 20.2. The van der Waals surface area contributed by atoms with Crippen LogP contribution in [0, 0.1) is 0 Å². The first kappa shape index (κ1) is 18.5. The van der Waals surface area contributed by atoms with Crippen LogP contribution in [0.4, 0.5) is 0 Å². The minimum atomic E-state index is 0.700. The fraction of sp³-hybridized carbons (Fsp3) is 0.143. The van der Waals surface area contributed by atoms with Crippen molar-refractivity contribution in [2.24, 2.45) is 0 Å². The Balaban J connectivity index is 1.61. The van der Waals surface area contributed by atoms with Crippen LogP contribution in [0.5, 0.6) is 11.5 Å². The van der Waals surface area contributed by atoms with Crippen LogP contribution in [0.1, 0.15) is 12.8 Å². The molecule has 4 aromatic rings. The molecule has 0 bridgehead atoms. The molecule has 0 atom stereocenters. The molecule has 1 aliphatic rings. The number of rotatable bonds is 2. The fourth-order valence-electron chi connectivity index (χ4n) is 3.92. The van der Waals surface area contributed by atoms with Gasteiger partial charge in [-0.15, -0.1) is 0 Å². The lowest BCUT2D eigenvalue weighted by Gasteiger charge is -2.19. The van der Waals surface area contributed by atoms with Gasteiger partial charge in [0.15, 0.2) is 0 Å². The lowest BCUT2D eigenvalue weighted by Crippen LogP contribution is -2.06. The Kier molecular flexibility index (Phi) is 5.22. The number of hydrogen-bond donors (Lipinski definition) is 0. The molecule has 4 aromatic carbocycles. The van der Waals surface area contributed by atoms with E-state index in [1.165, 1.54) is 11.1 Å². The number of hydrogen-bond acceptors (Lipinski definition) is 2. The summed E-state index contributed by atoms with van der Waals surface area (Å²) >= 11 is 0. The highest BCUT2D eigenvalue weighted by atomic mass is 16.5. The average Bonchev–Trinajstić information content (AvgIpc) is 2.82. The van der Waals surface area contributed by atoms with Crippen LogP contribution in [-0.2, 0) is 0 Å². The first-order chi connectivity index (χ1) is 14.9. The van der Waals surface area contributed by atoms with Gasteiger partial charge in [0.1, 0.15) is 11.5 Å². The molecular formula is C28H24O2. The molecule has 0 spiro atoms. The second-order valence-corrected chi connectivity index (χ2v) is 7.56. The van der Waals surface area contributed by atoms with Gasteiger partial charge in [-0.05, 0) is 59.4 Å². The van der Waals surface area contributed by atoms with E-state index < -0.39 is 0 Å². The van der Waals surface area contributed by atoms with Gasteiger partial charge >= 0.3 is 0 Å². The van der Waals surface area contributed by atoms with E-state index in [9.17, 15) is 0 Å². The molecule has 0 N–H and O–H groups in total. The molecule has 2 nitrogen and oxygen atoms in total. The summed E-state index contributed by atoms with van der Waals surface area (Å²) in [7, 11) is 0. The normalized spacial score (nSPS) is 13.3. The third-order valence-corrected chi connectivity index (χ3v) is 5.52. The Morgan fingerprint density at radius 1 is 0.433 bits per heavy atom. The van der Waals surface area contributed by atoms with Crippen molar-refractivity contribution in [2.75, 3.05) is 13.2 Å². The lowest BCUT2D eigenvalue weighted by atomic mass is 9.96. The Morgan fingerprint density at radius 2 is 0.867 bits per heavy atom. The molecule has 0 aromatic heterocycles. The number of fused-ring (bicyclic) bond motifs is 3. The van der Waals surface area contributed by atoms with Crippen molar-refractivity contribution in [2.45, 2.75) is 12.8 Å². The summed E-state index contributed by atoms with van der Waals surface area (Å²) in [6.07, 6.45) is 1.95. The summed E-state index contributed by atoms with van der Waals surface area (Å²) in [4.78, 5) is 0. The molecule has 0 radical (unpaired) electrons. The van der Waals surface area contributed by atoms with Gasteiger partial charge in [-0.3, -0.25) is 0 Å². The van der Waals surface area contributed by atoms with Crippen molar-refractivity contribution in [3.05, 3.63) is 97.1 Å². The first-order valence-electron chi connectivity index (χ1n) is 10.5. The van der Waals surface area contributed by atoms with E-state index in [4.69, 9.17) is 9.47 Å². The van der Waals surface area contributed by atoms with Gasteiger partial charge in [0.05, 0.1) is 13.2 Å². The van der Waals surface area contributed by atoms with Crippen molar-refractivity contribution >= 4 is 0 Å². The van der Waals surface area contributed by atoms with Crippen LogP contribution >= 0.6 is 0 Å². The molecule has 0 amide bonds. The van der Waals surface area contributed by atoms with Crippen molar-refractivity contribution < 1.29 is 9.47 Å². The Labute approximate surface area is 177 Å². The summed E-state index contributed by atoms with van der Waals surface area (Å²) in [5.41, 5.74) is 6.86. The molecule has 5 rings (SSSR count). The third-order valence-electron chi connectivity index (χ3n) is 5.52. The van der Waals surface area contributed by atoms with Crippen LogP contribution in [0.2, 0.25) is 0 Å². The Hall–Kier alpha value is -3.52. The van der Waals surface area contributed by atoms with Crippen molar-refractivity contribution in [1.29, 1.82) is 0 Å². The van der Waals surface area contributed by atoms with E-state index in [1.807, 2.05) is 12.1 Å². The Bertz CT molecular complexity index is 1040. The van der Waals surface area contributed by atoms with Gasteiger partial charge in [-0.25, -0.2) is 0 Å². The smallest absolute Gasteiger partial charge is 0.127 e. The molecule has 1 heterocycles. The standard InChI is InChI=1S/C28H24O2/c1-3-9-21(10-4-1)23-13-15-25-26-16-14-24(22-11-5-2-6-12-22)20-28(26)30-18-8-7-17-29-27(25)19-23/h1-6,9-16,19-20H,7-8,17-18H2. The molecule has 0 saturated heterocycles. The Morgan fingerprint density at radius 3 is 1.30 bits per heavy atom. The van der Waals surface area contributed by atoms with Crippen LogP contribution in [0.3, 0.4) is 0 Å². The van der Waals surface area contributed by atoms with E-state index in [2.05, 4.69) is 84.9 Å². The van der Waals surface area contributed by atoms with E-state index >= 15 is 0 Å². The van der Waals surface area contributed by atoms with Gasteiger partial charge in [-0.2, -0.15) is 0 Å². The summed E-state index contributed by atoms with van der Waals surface area (Å²) in [5.74, 6) is 1.83. The summed E-state index contributed by atoms with van der Waals surface area (Å²) in [5, 5.41) is 0. The quantitative estimate of drug-likeness (QED) is 0.358. The second kappa shape index (κ2) is 8.46. The van der Waals surface area contributed by atoms with E-state index in [0.717, 1.165) is 46.6 Å². The predicted octanol–water partition coefficient (Wildman–Crippen LogP) is 7.24. The molecule has 0 saturated carbocycles.